The normalized spacial score (nSPS) is 20.6. The zero-order chi connectivity index (χ0) is 16.5. The lowest BCUT2D eigenvalue weighted by Gasteiger charge is -2.44. The second kappa shape index (κ2) is 9.30. The van der Waals surface area contributed by atoms with Crippen molar-refractivity contribution < 1.29 is 23.3 Å². The van der Waals surface area contributed by atoms with E-state index >= 15 is 0 Å². The predicted molar refractivity (Wildman–Crippen MR) is 84.7 cm³/mol. The van der Waals surface area contributed by atoms with Crippen molar-refractivity contribution in [1.82, 2.24) is 5.32 Å². The molecule has 1 saturated heterocycles. The van der Waals surface area contributed by atoms with Gasteiger partial charge < -0.3 is 24.3 Å². The Morgan fingerprint density at radius 2 is 1.70 bits per heavy atom. The summed E-state index contributed by atoms with van der Waals surface area (Å²) in [5.74, 6) is -0.00221. The van der Waals surface area contributed by atoms with Crippen LogP contribution in [-0.4, -0.2) is 54.1 Å². The Kier molecular flexibility index (Phi) is 7.39. The van der Waals surface area contributed by atoms with Gasteiger partial charge in [0.25, 0.3) is 0 Å². The minimum Gasteiger partial charge on any atom is -0.359 e. The molecule has 0 amide bonds. The van der Waals surface area contributed by atoms with E-state index < -0.39 is 0 Å². The van der Waals surface area contributed by atoms with Gasteiger partial charge in [-0.15, -0.1) is 0 Å². The van der Waals surface area contributed by atoms with Crippen LogP contribution in [0.25, 0.3) is 0 Å². The summed E-state index contributed by atoms with van der Waals surface area (Å²) in [4.78, 5) is 0. The molecule has 0 aliphatic carbocycles. The minimum atomic E-state index is -0.243. The molecule has 1 aliphatic heterocycles. The molecule has 1 aromatic rings. The van der Waals surface area contributed by atoms with Crippen LogP contribution >= 0.6 is 0 Å². The summed E-state index contributed by atoms with van der Waals surface area (Å²) in [6.45, 7) is 3.16. The second-order valence-corrected chi connectivity index (χ2v) is 5.94. The van der Waals surface area contributed by atoms with Crippen LogP contribution in [0.15, 0.2) is 24.3 Å². The van der Waals surface area contributed by atoms with E-state index in [4.69, 9.17) is 18.9 Å². The molecule has 2 rings (SSSR count). The van der Waals surface area contributed by atoms with Gasteiger partial charge >= 0.3 is 0 Å². The van der Waals surface area contributed by atoms with Gasteiger partial charge in [0.05, 0.1) is 13.2 Å². The summed E-state index contributed by atoms with van der Waals surface area (Å²) in [7, 11) is 3.20. The molecule has 130 valence electrons. The van der Waals surface area contributed by atoms with E-state index in [2.05, 4.69) is 5.32 Å². The van der Waals surface area contributed by atoms with Crippen molar-refractivity contribution in [1.29, 1.82) is 0 Å². The smallest absolute Gasteiger partial charge is 0.146 e. The third-order valence-electron chi connectivity index (χ3n) is 4.28. The quantitative estimate of drug-likeness (QED) is 0.556. The number of rotatable bonds is 9. The Hall–Kier alpha value is -1.05. The van der Waals surface area contributed by atoms with Crippen molar-refractivity contribution in [2.24, 2.45) is 5.41 Å². The van der Waals surface area contributed by atoms with Crippen LogP contribution in [0, 0.1) is 11.2 Å². The number of methoxy groups -OCH3 is 2. The molecule has 0 spiro atoms. The Labute approximate surface area is 137 Å². The lowest BCUT2D eigenvalue weighted by atomic mass is 9.69. The van der Waals surface area contributed by atoms with Crippen molar-refractivity contribution in [3.8, 4) is 0 Å². The van der Waals surface area contributed by atoms with Crippen LogP contribution in [0.5, 0.6) is 0 Å². The Balaban J connectivity index is 2.19. The fraction of sp³-hybridized carbons (Fsp3) is 0.647. The lowest BCUT2D eigenvalue weighted by Crippen LogP contribution is -2.51. The highest BCUT2D eigenvalue weighted by molar-refractivity contribution is 5.24. The molecule has 1 aliphatic rings. The van der Waals surface area contributed by atoms with E-state index in [1.807, 2.05) is 12.1 Å². The third kappa shape index (κ3) is 4.96. The Bertz CT molecular complexity index is 444. The van der Waals surface area contributed by atoms with E-state index in [-0.39, 0.29) is 30.7 Å². The first kappa shape index (κ1) is 18.3. The number of nitrogens with one attached hydrogen (secondary N) is 1. The minimum absolute atomic E-state index is 0.220. The summed E-state index contributed by atoms with van der Waals surface area (Å²) in [6, 6.07) is 6.72. The zero-order valence-electron chi connectivity index (χ0n) is 13.8. The highest BCUT2D eigenvalue weighted by atomic mass is 19.1. The first-order valence-corrected chi connectivity index (χ1v) is 7.81. The van der Waals surface area contributed by atoms with Crippen LogP contribution < -0.4 is 5.32 Å². The molecule has 6 heteroatoms. The van der Waals surface area contributed by atoms with Crippen LogP contribution in [0.1, 0.15) is 17.9 Å². The molecular formula is C17H26FNO4. The maximum Gasteiger partial charge on any atom is 0.146 e. The van der Waals surface area contributed by atoms with Gasteiger partial charge in [-0.25, -0.2) is 4.39 Å². The third-order valence-corrected chi connectivity index (χ3v) is 4.28. The maximum atomic E-state index is 13.2. The summed E-state index contributed by atoms with van der Waals surface area (Å²) >= 11 is 0. The van der Waals surface area contributed by atoms with Crippen molar-refractivity contribution in [3.05, 3.63) is 35.6 Å². The van der Waals surface area contributed by atoms with Gasteiger partial charge in [-0.3, -0.25) is 0 Å². The SMILES string of the molecule is COCOCC1(COCOC)CNCCC1c1ccc(F)cc1. The number of benzene rings is 1. The van der Waals surface area contributed by atoms with Gasteiger partial charge in [-0.1, -0.05) is 12.1 Å². The van der Waals surface area contributed by atoms with Crippen LogP contribution in [0.4, 0.5) is 4.39 Å². The fourth-order valence-electron chi connectivity index (χ4n) is 3.23. The highest BCUT2D eigenvalue weighted by Gasteiger charge is 2.42. The molecule has 1 unspecified atom stereocenters. The Morgan fingerprint density at radius 3 is 2.26 bits per heavy atom. The van der Waals surface area contributed by atoms with Crippen LogP contribution in [0.3, 0.4) is 0 Å². The van der Waals surface area contributed by atoms with Crippen molar-refractivity contribution in [3.63, 3.8) is 0 Å². The summed E-state index contributed by atoms with van der Waals surface area (Å²) in [6.07, 6.45) is 0.943. The first-order valence-electron chi connectivity index (χ1n) is 7.81. The molecule has 1 heterocycles. The number of ether oxygens (including phenoxy) is 4. The number of hydrogen-bond acceptors (Lipinski definition) is 5. The predicted octanol–water partition coefficient (Wildman–Crippen LogP) is 2.13. The standard InChI is InChI=1S/C17H26FNO4/c1-20-12-22-10-17(11-23-13-21-2)9-19-8-7-16(17)14-3-5-15(18)6-4-14/h3-6,16,19H,7-13H2,1-2H3. The molecule has 23 heavy (non-hydrogen) atoms. The first-order chi connectivity index (χ1) is 11.2. The molecule has 1 N–H and O–H groups in total. The molecule has 5 nitrogen and oxygen atoms in total. The highest BCUT2D eigenvalue weighted by Crippen LogP contribution is 2.41. The monoisotopic (exact) mass is 327 g/mol. The molecule has 1 fully saturated rings. The summed E-state index contributed by atoms with van der Waals surface area (Å²) < 4.78 is 34.6. The molecular weight excluding hydrogens is 301 g/mol. The number of hydrogen-bond donors (Lipinski definition) is 1. The van der Waals surface area contributed by atoms with E-state index in [0.717, 1.165) is 25.1 Å². The van der Waals surface area contributed by atoms with Gasteiger partial charge in [0.2, 0.25) is 0 Å². The Morgan fingerprint density at radius 1 is 1.09 bits per heavy atom. The summed E-state index contributed by atoms with van der Waals surface area (Å²) in [5.41, 5.74) is 0.864. The second-order valence-electron chi connectivity index (χ2n) is 5.94. The molecule has 0 aromatic heterocycles. The zero-order valence-corrected chi connectivity index (χ0v) is 13.8. The maximum absolute atomic E-state index is 13.2. The van der Waals surface area contributed by atoms with Gasteiger partial charge in [0, 0.05) is 26.2 Å². The van der Waals surface area contributed by atoms with Crippen LogP contribution in [0.2, 0.25) is 0 Å². The molecule has 0 saturated carbocycles. The van der Waals surface area contributed by atoms with Crippen LogP contribution in [-0.2, 0) is 18.9 Å². The number of halogens is 1. The van der Waals surface area contributed by atoms with Crippen molar-refractivity contribution in [2.75, 3.05) is 54.1 Å². The van der Waals surface area contributed by atoms with Gasteiger partial charge in [-0.05, 0) is 36.6 Å². The average molecular weight is 327 g/mol. The van der Waals surface area contributed by atoms with E-state index in [9.17, 15) is 4.39 Å². The number of piperidine rings is 1. The molecule has 1 atom stereocenters. The van der Waals surface area contributed by atoms with E-state index in [1.165, 1.54) is 12.1 Å². The van der Waals surface area contributed by atoms with E-state index in [0.29, 0.717) is 13.2 Å². The van der Waals surface area contributed by atoms with Gasteiger partial charge in [0.1, 0.15) is 19.4 Å². The molecule has 0 radical (unpaired) electrons. The van der Waals surface area contributed by atoms with Crippen molar-refractivity contribution in [2.45, 2.75) is 12.3 Å². The molecule has 0 bridgehead atoms. The van der Waals surface area contributed by atoms with Gasteiger partial charge in [0.15, 0.2) is 0 Å². The average Bonchev–Trinajstić information content (AvgIpc) is 2.57. The van der Waals surface area contributed by atoms with E-state index in [1.54, 1.807) is 14.2 Å². The van der Waals surface area contributed by atoms with Gasteiger partial charge in [-0.2, -0.15) is 0 Å². The molecule has 1 aromatic carbocycles. The lowest BCUT2D eigenvalue weighted by molar-refractivity contribution is -0.121. The largest absolute Gasteiger partial charge is 0.359 e. The summed E-state index contributed by atoms with van der Waals surface area (Å²) in [5, 5.41) is 3.42. The topological polar surface area (TPSA) is 49.0 Å². The van der Waals surface area contributed by atoms with Crippen molar-refractivity contribution >= 4 is 0 Å². The fourth-order valence-corrected chi connectivity index (χ4v) is 3.23.